The van der Waals surface area contributed by atoms with E-state index in [9.17, 15) is 9.18 Å². The van der Waals surface area contributed by atoms with E-state index >= 15 is 0 Å². The largest absolute Gasteiger partial charge is 0.478 e. The number of nitrogens with one attached hydrogen (secondary N) is 1. The summed E-state index contributed by atoms with van der Waals surface area (Å²) in [5, 5.41) is 12.2. The summed E-state index contributed by atoms with van der Waals surface area (Å²) in [6.07, 6.45) is 3.02. The molecule has 0 aliphatic carbocycles. The van der Waals surface area contributed by atoms with Crippen LogP contribution in [-0.2, 0) is 6.42 Å². The molecule has 1 atom stereocenters. The van der Waals surface area contributed by atoms with Crippen LogP contribution in [0.3, 0.4) is 0 Å². The first-order chi connectivity index (χ1) is 8.08. The summed E-state index contributed by atoms with van der Waals surface area (Å²) in [5.41, 5.74) is 1.51. The summed E-state index contributed by atoms with van der Waals surface area (Å²) in [5.74, 6) is -1.86. The van der Waals surface area contributed by atoms with E-state index in [1.165, 1.54) is 12.1 Å². The first kappa shape index (κ1) is 12.0. The number of carboxylic acid groups (broad SMARTS) is 1. The van der Waals surface area contributed by atoms with Crippen molar-refractivity contribution in [2.45, 2.75) is 32.2 Å². The van der Waals surface area contributed by atoms with E-state index in [-0.39, 0.29) is 5.56 Å². The molecule has 1 saturated heterocycles. The Kier molecular flexibility index (Phi) is 3.43. The molecule has 1 aromatic rings. The molecule has 2 N–H and O–H groups in total. The van der Waals surface area contributed by atoms with E-state index in [1.54, 1.807) is 0 Å². The highest BCUT2D eigenvalue weighted by Crippen LogP contribution is 2.19. The fraction of sp³-hybridized carbons (Fsp3) is 0.462. The van der Waals surface area contributed by atoms with Crippen LogP contribution in [0.5, 0.6) is 0 Å². The summed E-state index contributed by atoms with van der Waals surface area (Å²) < 4.78 is 13.4. The van der Waals surface area contributed by atoms with Crippen molar-refractivity contribution in [3.8, 4) is 0 Å². The van der Waals surface area contributed by atoms with Crippen LogP contribution in [0.1, 0.15) is 34.3 Å². The number of carboxylic acids is 1. The normalized spacial score (nSPS) is 19.5. The molecule has 17 heavy (non-hydrogen) atoms. The van der Waals surface area contributed by atoms with Crippen LogP contribution in [0, 0.1) is 12.7 Å². The second-order valence-electron chi connectivity index (χ2n) is 4.56. The van der Waals surface area contributed by atoms with E-state index in [4.69, 9.17) is 5.11 Å². The molecule has 4 heteroatoms. The molecule has 1 unspecified atom stereocenters. The fourth-order valence-electron chi connectivity index (χ4n) is 2.30. The highest BCUT2D eigenvalue weighted by atomic mass is 19.1. The van der Waals surface area contributed by atoms with Gasteiger partial charge in [0.1, 0.15) is 5.82 Å². The zero-order valence-corrected chi connectivity index (χ0v) is 9.79. The predicted molar refractivity (Wildman–Crippen MR) is 62.8 cm³/mol. The first-order valence-electron chi connectivity index (χ1n) is 5.83. The van der Waals surface area contributed by atoms with Gasteiger partial charge in [0.15, 0.2) is 0 Å². The second-order valence-corrected chi connectivity index (χ2v) is 4.56. The van der Waals surface area contributed by atoms with E-state index in [1.807, 2.05) is 6.92 Å². The molecule has 0 aromatic heterocycles. The third-order valence-electron chi connectivity index (χ3n) is 3.28. The number of halogens is 1. The molecular weight excluding hydrogens is 221 g/mol. The van der Waals surface area contributed by atoms with Gasteiger partial charge in [-0.3, -0.25) is 0 Å². The summed E-state index contributed by atoms with van der Waals surface area (Å²) >= 11 is 0. The molecule has 1 fully saturated rings. The molecule has 2 rings (SSSR count). The van der Waals surface area contributed by atoms with Crippen molar-refractivity contribution in [1.29, 1.82) is 0 Å². The van der Waals surface area contributed by atoms with Crippen molar-refractivity contribution >= 4 is 5.97 Å². The third kappa shape index (κ3) is 2.64. The van der Waals surface area contributed by atoms with Gasteiger partial charge in [-0.15, -0.1) is 0 Å². The summed E-state index contributed by atoms with van der Waals surface area (Å²) in [6.45, 7) is 2.83. The number of carbonyl (C=O) groups is 1. The zero-order valence-electron chi connectivity index (χ0n) is 9.79. The smallest absolute Gasteiger partial charge is 0.338 e. The van der Waals surface area contributed by atoms with Gasteiger partial charge in [-0.1, -0.05) is 0 Å². The predicted octanol–water partition coefficient (Wildman–Crippen LogP) is 2.13. The van der Waals surface area contributed by atoms with Crippen molar-refractivity contribution in [3.63, 3.8) is 0 Å². The van der Waals surface area contributed by atoms with Gasteiger partial charge >= 0.3 is 5.97 Å². The number of hydrogen-bond donors (Lipinski definition) is 2. The number of hydrogen-bond acceptors (Lipinski definition) is 2. The molecular formula is C13H16FNO2. The summed E-state index contributed by atoms with van der Waals surface area (Å²) in [4.78, 5) is 10.9. The van der Waals surface area contributed by atoms with Crippen molar-refractivity contribution < 1.29 is 14.3 Å². The second kappa shape index (κ2) is 4.84. The van der Waals surface area contributed by atoms with Crippen LogP contribution < -0.4 is 5.32 Å². The lowest BCUT2D eigenvalue weighted by Gasteiger charge is -2.13. The third-order valence-corrected chi connectivity index (χ3v) is 3.28. The summed E-state index contributed by atoms with van der Waals surface area (Å²) in [6, 6.07) is 3.17. The van der Waals surface area contributed by atoms with Gasteiger partial charge in [-0.25, -0.2) is 9.18 Å². The molecule has 0 spiro atoms. The molecule has 0 radical (unpaired) electrons. The Labute approximate surface area is 99.7 Å². The number of benzene rings is 1. The van der Waals surface area contributed by atoms with Crippen LogP contribution in [0.15, 0.2) is 12.1 Å². The van der Waals surface area contributed by atoms with E-state index in [0.29, 0.717) is 6.04 Å². The van der Waals surface area contributed by atoms with Gasteiger partial charge in [0.05, 0.1) is 5.56 Å². The molecule has 1 aliphatic heterocycles. The van der Waals surface area contributed by atoms with Gasteiger partial charge in [0.25, 0.3) is 0 Å². The standard InChI is InChI=1S/C13H16FNO2/c1-8-5-12(14)11(13(16)17)7-9(8)6-10-3-2-4-15-10/h5,7,10,15H,2-4,6H2,1H3,(H,16,17). The molecule has 3 nitrogen and oxygen atoms in total. The highest BCUT2D eigenvalue weighted by Gasteiger charge is 2.18. The van der Waals surface area contributed by atoms with Crippen LogP contribution >= 0.6 is 0 Å². The Hall–Kier alpha value is -1.42. The van der Waals surface area contributed by atoms with Gasteiger partial charge < -0.3 is 10.4 Å². The lowest BCUT2D eigenvalue weighted by Crippen LogP contribution is -2.24. The van der Waals surface area contributed by atoms with Gasteiger partial charge in [0.2, 0.25) is 0 Å². The van der Waals surface area contributed by atoms with E-state index in [0.717, 1.165) is 36.9 Å². The number of rotatable bonds is 3. The maximum atomic E-state index is 13.4. The highest BCUT2D eigenvalue weighted by molar-refractivity contribution is 5.88. The van der Waals surface area contributed by atoms with Crippen LogP contribution in [0.25, 0.3) is 0 Å². The maximum absolute atomic E-state index is 13.4. The van der Waals surface area contributed by atoms with Gasteiger partial charge in [-0.05, 0) is 56.0 Å². The lowest BCUT2D eigenvalue weighted by molar-refractivity contribution is 0.0691. The monoisotopic (exact) mass is 237 g/mol. The van der Waals surface area contributed by atoms with Crippen LogP contribution in [0.2, 0.25) is 0 Å². The van der Waals surface area contributed by atoms with Crippen molar-refractivity contribution in [1.82, 2.24) is 5.32 Å². The van der Waals surface area contributed by atoms with E-state index < -0.39 is 11.8 Å². The number of aryl methyl sites for hydroxylation is 1. The quantitative estimate of drug-likeness (QED) is 0.846. The fourth-order valence-corrected chi connectivity index (χ4v) is 2.30. The lowest BCUT2D eigenvalue weighted by atomic mass is 9.97. The molecule has 0 amide bonds. The molecule has 0 bridgehead atoms. The van der Waals surface area contributed by atoms with Crippen LogP contribution in [0.4, 0.5) is 4.39 Å². The van der Waals surface area contributed by atoms with E-state index in [2.05, 4.69) is 5.32 Å². The summed E-state index contributed by atoms with van der Waals surface area (Å²) in [7, 11) is 0. The van der Waals surface area contributed by atoms with Gasteiger partial charge in [-0.2, -0.15) is 0 Å². The van der Waals surface area contributed by atoms with Crippen molar-refractivity contribution in [2.24, 2.45) is 0 Å². The van der Waals surface area contributed by atoms with Crippen molar-refractivity contribution in [3.05, 3.63) is 34.6 Å². The topological polar surface area (TPSA) is 49.3 Å². The molecule has 1 heterocycles. The minimum atomic E-state index is -1.21. The Bertz CT molecular complexity index is 439. The Morgan fingerprint density at radius 2 is 2.35 bits per heavy atom. The Morgan fingerprint density at radius 3 is 2.94 bits per heavy atom. The average Bonchev–Trinajstić information content (AvgIpc) is 2.74. The Balaban J connectivity index is 2.26. The van der Waals surface area contributed by atoms with Crippen molar-refractivity contribution in [2.75, 3.05) is 6.54 Å². The first-order valence-corrected chi connectivity index (χ1v) is 5.83. The minimum absolute atomic E-state index is 0.233. The zero-order chi connectivity index (χ0) is 12.4. The molecule has 0 saturated carbocycles. The molecule has 1 aliphatic rings. The molecule has 1 aromatic carbocycles. The van der Waals surface area contributed by atoms with Gasteiger partial charge in [0, 0.05) is 6.04 Å². The minimum Gasteiger partial charge on any atom is -0.478 e. The maximum Gasteiger partial charge on any atom is 0.338 e. The van der Waals surface area contributed by atoms with Crippen LogP contribution in [-0.4, -0.2) is 23.7 Å². The number of aromatic carboxylic acids is 1. The Morgan fingerprint density at radius 1 is 1.59 bits per heavy atom. The molecule has 92 valence electrons. The SMILES string of the molecule is Cc1cc(F)c(C(=O)O)cc1CC1CCCN1. The average molecular weight is 237 g/mol.